The lowest BCUT2D eigenvalue weighted by Gasteiger charge is -2.40. The number of carbonyl (C=O) groups excluding carboxylic acids is 1. The summed E-state index contributed by atoms with van der Waals surface area (Å²) in [6, 6.07) is 11.9. The first-order valence-electron chi connectivity index (χ1n) is 13.9. The van der Waals surface area contributed by atoms with E-state index in [1.54, 1.807) is 17.6 Å². The van der Waals surface area contributed by atoms with Crippen molar-refractivity contribution in [3.8, 4) is 0 Å². The van der Waals surface area contributed by atoms with E-state index in [2.05, 4.69) is 62.8 Å². The Morgan fingerprint density at radius 2 is 1.90 bits per heavy atom. The number of carbonyl (C=O) groups is 1. The SMILES string of the molecule is CC1C=C(CN2CCC3(CCN(c4cnc5c(ccn5Cc5ccc(C(=O)NO)cc5)c4)CC3)C2)C=CC=N1. The third kappa shape index (κ3) is 5.53. The summed E-state index contributed by atoms with van der Waals surface area (Å²) in [5.74, 6) is -0.508. The van der Waals surface area contributed by atoms with Crippen molar-refractivity contribution in [2.24, 2.45) is 10.4 Å². The molecule has 0 aliphatic carbocycles. The maximum absolute atomic E-state index is 11.6. The number of fused-ring (bicyclic) bond motifs is 1. The molecule has 3 aromatic rings. The summed E-state index contributed by atoms with van der Waals surface area (Å²) in [5.41, 5.74) is 7.13. The zero-order valence-electron chi connectivity index (χ0n) is 22.5. The monoisotopic (exact) mass is 524 g/mol. The molecule has 8 heteroatoms. The van der Waals surface area contributed by atoms with Crippen molar-refractivity contribution in [2.45, 2.75) is 38.8 Å². The van der Waals surface area contributed by atoms with E-state index < -0.39 is 5.91 Å². The van der Waals surface area contributed by atoms with E-state index in [9.17, 15) is 4.79 Å². The van der Waals surface area contributed by atoms with Crippen molar-refractivity contribution in [2.75, 3.05) is 37.6 Å². The average molecular weight is 525 g/mol. The molecule has 1 unspecified atom stereocenters. The molecule has 6 rings (SSSR count). The smallest absolute Gasteiger partial charge is 0.274 e. The molecule has 2 aromatic heterocycles. The van der Waals surface area contributed by atoms with E-state index in [0.29, 0.717) is 17.5 Å². The number of pyridine rings is 1. The minimum Gasteiger partial charge on any atom is -0.370 e. The van der Waals surface area contributed by atoms with Crippen LogP contribution in [-0.4, -0.2) is 70.5 Å². The lowest BCUT2D eigenvalue weighted by Crippen LogP contribution is -2.41. The second kappa shape index (κ2) is 10.8. The summed E-state index contributed by atoms with van der Waals surface area (Å²) in [5, 5.41) is 9.95. The van der Waals surface area contributed by atoms with E-state index in [1.807, 2.05) is 24.5 Å². The van der Waals surface area contributed by atoms with Crippen molar-refractivity contribution in [1.82, 2.24) is 19.9 Å². The van der Waals surface area contributed by atoms with Gasteiger partial charge in [0.25, 0.3) is 5.91 Å². The predicted octanol–water partition coefficient (Wildman–Crippen LogP) is 4.45. The van der Waals surface area contributed by atoms with Gasteiger partial charge in [-0.25, -0.2) is 10.5 Å². The van der Waals surface area contributed by atoms with Crippen LogP contribution in [0.5, 0.6) is 0 Å². The molecule has 2 fully saturated rings. The Kier molecular flexibility index (Phi) is 7.06. The van der Waals surface area contributed by atoms with E-state index >= 15 is 0 Å². The second-order valence-electron chi connectivity index (χ2n) is 11.3. The van der Waals surface area contributed by atoms with Crippen LogP contribution in [0.15, 0.2) is 77.6 Å². The van der Waals surface area contributed by atoms with Gasteiger partial charge in [0, 0.05) is 56.1 Å². The first kappa shape index (κ1) is 25.5. The fraction of sp³-hybridized carbons (Fsp3) is 0.387. The van der Waals surface area contributed by atoms with Crippen LogP contribution in [0.3, 0.4) is 0 Å². The normalized spacial score (nSPS) is 20.9. The average Bonchev–Trinajstić information content (AvgIpc) is 3.47. The highest BCUT2D eigenvalue weighted by atomic mass is 16.5. The number of hydroxylamine groups is 1. The van der Waals surface area contributed by atoms with Crippen molar-refractivity contribution < 1.29 is 10.0 Å². The zero-order valence-corrected chi connectivity index (χ0v) is 22.5. The lowest BCUT2D eigenvalue weighted by atomic mass is 9.77. The van der Waals surface area contributed by atoms with Gasteiger partial charge in [-0.05, 0) is 79.6 Å². The van der Waals surface area contributed by atoms with E-state index in [4.69, 9.17) is 10.2 Å². The summed E-state index contributed by atoms with van der Waals surface area (Å²) < 4.78 is 2.13. The third-order valence-electron chi connectivity index (χ3n) is 8.54. The maximum atomic E-state index is 11.6. The molecule has 1 aromatic carbocycles. The molecule has 1 spiro atoms. The molecule has 8 nitrogen and oxygen atoms in total. The number of rotatable bonds is 6. The van der Waals surface area contributed by atoms with Crippen molar-refractivity contribution in [3.63, 3.8) is 0 Å². The molecule has 5 heterocycles. The highest BCUT2D eigenvalue weighted by molar-refractivity contribution is 5.93. The summed E-state index contributed by atoms with van der Waals surface area (Å²) in [6.45, 7) is 8.35. The van der Waals surface area contributed by atoms with Gasteiger partial charge in [0.15, 0.2) is 0 Å². The van der Waals surface area contributed by atoms with Gasteiger partial charge in [-0.3, -0.25) is 19.9 Å². The number of piperidine rings is 1. The molecule has 202 valence electrons. The van der Waals surface area contributed by atoms with Gasteiger partial charge in [0.2, 0.25) is 0 Å². The summed E-state index contributed by atoms with van der Waals surface area (Å²) in [6.07, 6.45) is 16.3. The predicted molar refractivity (Wildman–Crippen MR) is 155 cm³/mol. The standard InChI is InChI=1S/C31H36N6O2/c1-23-17-25(3-2-12-32-23)20-35-14-9-31(22-35)10-15-36(16-11-31)28-18-27-8-13-37(29(27)33-19-28)21-24-4-6-26(7-5-24)30(38)34-39/h2-8,12-13,17-19,23,39H,9-11,14-16,20-22H2,1H3,(H,34,38). The minimum atomic E-state index is -0.508. The van der Waals surface area contributed by atoms with Crippen LogP contribution in [0, 0.1) is 5.41 Å². The third-order valence-corrected chi connectivity index (χ3v) is 8.54. The number of likely N-dealkylation sites (tertiary alicyclic amines) is 1. The van der Waals surface area contributed by atoms with Crippen molar-refractivity contribution in [1.29, 1.82) is 0 Å². The molecule has 0 radical (unpaired) electrons. The molecule has 1 atom stereocenters. The minimum absolute atomic E-state index is 0.256. The van der Waals surface area contributed by atoms with Gasteiger partial charge < -0.3 is 9.47 Å². The number of aliphatic imine (C=N–C) groups is 1. The topological polar surface area (TPSA) is 86.0 Å². The first-order chi connectivity index (χ1) is 19.0. The van der Waals surface area contributed by atoms with Gasteiger partial charge in [-0.15, -0.1) is 0 Å². The maximum Gasteiger partial charge on any atom is 0.274 e. The van der Waals surface area contributed by atoms with Gasteiger partial charge >= 0.3 is 0 Å². The first-order valence-corrected chi connectivity index (χ1v) is 13.9. The Labute approximate surface area is 229 Å². The van der Waals surface area contributed by atoms with Gasteiger partial charge in [-0.2, -0.15) is 0 Å². The number of anilines is 1. The highest BCUT2D eigenvalue weighted by Gasteiger charge is 2.40. The summed E-state index contributed by atoms with van der Waals surface area (Å²) in [4.78, 5) is 26.0. The van der Waals surface area contributed by atoms with Crippen LogP contribution in [-0.2, 0) is 6.54 Å². The lowest BCUT2D eigenvalue weighted by molar-refractivity contribution is 0.0706. The van der Waals surface area contributed by atoms with Crippen molar-refractivity contribution in [3.05, 3.63) is 83.7 Å². The van der Waals surface area contributed by atoms with Crippen molar-refractivity contribution >= 4 is 28.8 Å². The van der Waals surface area contributed by atoms with Gasteiger partial charge in [0.1, 0.15) is 5.65 Å². The molecule has 2 N–H and O–H groups in total. The Morgan fingerprint density at radius 1 is 1.10 bits per heavy atom. The largest absolute Gasteiger partial charge is 0.370 e. The Hall–Kier alpha value is -3.75. The van der Waals surface area contributed by atoms with Gasteiger partial charge in [-0.1, -0.05) is 24.3 Å². The number of nitrogens with zero attached hydrogens (tertiary/aromatic N) is 5. The molecule has 0 bridgehead atoms. The number of aromatic nitrogens is 2. The van der Waals surface area contributed by atoms with E-state index in [-0.39, 0.29) is 6.04 Å². The quantitative estimate of drug-likeness (QED) is 0.368. The number of hydrogen-bond acceptors (Lipinski definition) is 6. The zero-order chi connectivity index (χ0) is 26.8. The van der Waals surface area contributed by atoms with Gasteiger partial charge in [0.05, 0.1) is 17.9 Å². The molecule has 3 aliphatic rings. The van der Waals surface area contributed by atoms with E-state index in [0.717, 1.165) is 36.2 Å². The number of hydrogen-bond donors (Lipinski definition) is 2. The van der Waals surface area contributed by atoms with Crippen LogP contribution in [0.2, 0.25) is 0 Å². The number of benzene rings is 1. The fourth-order valence-corrected chi connectivity index (χ4v) is 6.32. The van der Waals surface area contributed by atoms with Crippen LogP contribution >= 0.6 is 0 Å². The van der Waals surface area contributed by atoms with Crippen LogP contribution in [0.1, 0.15) is 42.1 Å². The van der Waals surface area contributed by atoms with E-state index in [1.165, 1.54) is 43.6 Å². The number of amides is 1. The molecular formula is C31H36N6O2. The number of nitrogens with one attached hydrogen (secondary N) is 1. The summed E-state index contributed by atoms with van der Waals surface area (Å²) in [7, 11) is 0. The summed E-state index contributed by atoms with van der Waals surface area (Å²) >= 11 is 0. The molecular weight excluding hydrogens is 488 g/mol. The van der Waals surface area contributed by atoms with Crippen LogP contribution in [0.25, 0.3) is 11.0 Å². The molecule has 3 aliphatic heterocycles. The van der Waals surface area contributed by atoms with Crippen LogP contribution < -0.4 is 10.4 Å². The molecule has 39 heavy (non-hydrogen) atoms. The second-order valence-corrected chi connectivity index (χ2v) is 11.3. The van der Waals surface area contributed by atoms with Crippen LogP contribution in [0.4, 0.5) is 5.69 Å². The Balaban J connectivity index is 1.07. The molecule has 2 saturated heterocycles. The Morgan fingerprint density at radius 3 is 2.69 bits per heavy atom. The molecule has 1 amide bonds. The molecule has 0 saturated carbocycles. The number of allylic oxidation sites excluding steroid dienone is 1. The highest BCUT2D eigenvalue weighted by Crippen LogP contribution is 2.41. The fourth-order valence-electron chi connectivity index (χ4n) is 6.32. The Bertz CT molecular complexity index is 1430.